The first-order chi connectivity index (χ1) is 14.1. The van der Waals surface area contributed by atoms with E-state index in [1.165, 1.54) is 79.5 Å². The molecule has 161 valence electrons. The monoisotopic (exact) mass is 483 g/mol. The molecule has 1 atom stereocenters. The maximum atomic E-state index is 6.17. The second kappa shape index (κ2) is 13.0. The molecule has 1 aliphatic heterocycles. The van der Waals surface area contributed by atoms with Gasteiger partial charge in [-0.05, 0) is 69.4 Å². The van der Waals surface area contributed by atoms with Gasteiger partial charge in [0, 0.05) is 38.3 Å². The van der Waals surface area contributed by atoms with Crippen LogP contribution in [0.5, 0.6) is 5.75 Å². The van der Waals surface area contributed by atoms with Gasteiger partial charge in [0.05, 0.1) is 26.2 Å². The molecular formula is C27H40NOY+. The molecule has 2 nitrogen and oxygen atoms in total. The molecule has 0 aromatic heterocycles. The zero-order chi connectivity index (χ0) is 20.5. The molecule has 2 aromatic rings. The largest absolute Gasteiger partial charge is 0.493 e. The molecule has 0 amide bonds. The second-order valence-corrected chi connectivity index (χ2v) is 9.32. The normalized spacial score (nSPS) is 16.9. The first-order valence-electron chi connectivity index (χ1n) is 11.7. The second-order valence-electron chi connectivity index (χ2n) is 9.32. The Morgan fingerprint density at radius 1 is 0.833 bits per heavy atom. The van der Waals surface area contributed by atoms with Crippen LogP contribution >= 0.6 is 0 Å². The number of likely N-dealkylation sites (tertiary alicyclic amines) is 1. The third-order valence-corrected chi connectivity index (χ3v) is 6.74. The van der Waals surface area contributed by atoms with Crippen molar-refractivity contribution in [2.24, 2.45) is 5.92 Å². The summed E-state index contributed by atoms with van der Waals surface area (Å²) >= 11 is 0. The molecule has 3 heteroatoms. The molecule has 1 unspecified atom stereocenters. The van der Waals surface area contributed by atoms with E-state index < -0.39 is 0 Å². The van der Waals surface area contributed by atoms with Gasteiger partial charge in [-0.25, -0.2) is 0 Å². The molecule has 0 aliphatic carbocycles. The minimum absolute atomic E-state index is 0. The van der Waals surface area contributed by atoms with Crippen molar-refractivity contribution in [2.75, 3.05) is 26.2 Å². The third kappa shape index (κ3) is 7.77. The molecule has 0 saturated carbocycles. The molecule has 3 rings (SSSR count). The number of hydrogen-bond donors (Lipinski definition) is 0. The van der Waals surface area contributed by atoms with Gasteiger partial charge in [-0.15, -0.1) is 0 Å². The van der Waals surface area contributed by atoms with Crippen molar-refractivity contribution in [1.82, 2.24) is 0 Å². The van der Waals surface area contributed by atoms with Crippen molar-refractivity contribution in [2.45, 2.75) is 65.8 Å². The fourth-order valence-corrected chi connectivity index (χ4v) is 4.82. The van der Waals surface area contributed by atoms with E-state index in [-0.39, 0.29) is 32.7 Å². The van der Waals surface area contributed by atoms with Crippen molar-refractivity contribution < 1.29 is 41.9 Å². The number of rotatable bonds is 9. The quantitative estimate of drug-likeness (QED) is 0.361. The molecule has 1 saturated heterocycles. The predicted octanol–water partition coefficient (Wildman–Crippen LogP) is 6.69. The van der Waals surface area contributed by atoms with Gasteiger partial charge in [0.1, 0.15) is 12.3 Å². The van der Waals surface area contributed by atoms with Crippen LogP contribution in [0.2, 0.25) is 0 Å². The van der Waals surface area contributed by atoms with Crippen molar-refractivity contribution in [3.63, 3.8) is 0 Å². The fraction of sp³-hybridized carbons (Fsp3) is 0.556. The zero-order valence-electron chi connectivity index (χ0n) is 19.4. The van der Waals surface area contributed by atoms with E-state index >= 15 is 0 Å². The van der Waals surface area contributed by atoms with Crippen LogP contribution in [0.4, 0.5) is 0 Å². The summed E-state index contributed by atoms with van der Waals surface area (Å²) in [5.41, 5.74) is 3.99. The maximum Gasteiger partial charge on any atom is 0.125 e. The summed E-state index contributed by atoms with van der Waals surface area (Å²) in [4.78, 5) is 0. The number of ether oxygens (including phenoxy) is 1. The van der Waals surface area contributed by atoms with Crippen molar-refractivity contribution >= 4 is 0 Å². The minimum Gasteiger partial charge on any atom is -0.493 e. The molecule has 0 N–H and O–H groups in total. The Kier molecular flexibility index (Phi) is 11.1. The van der Waals surface area contributed by atoms with Crippen LogP contribution in [0.25, 0.3) is 0 Å². The standard InChI is InChI=1S/C27H40NO.Y/c1-23(17-21-29-27-24(2)12-11-13-25(27)3)16-20-28(18-9-4-5-10-19-28)22-26-14-7-6-8-15-26;/h6-8,11-15,23H,4-5,9-10,16-22H2,1-3H3;/q+1;. The summed E-state index contributed by atoms with van der Waals surface area (Å²) in [6.07, 6.45) is 8.03. The SMILES string of the molecule is Cc1cccc(C)c1OCCC(C)CC[N+]1(Cc2ccccc2)CCCCCC1.[Y]. The van der Waals surface area contributed by atoms with Crippen LogP contribution in [0, 0.1) is 19.8 Å². The van der Waals surface area contributed by atoms with Gasteiger partial charge in [0.2, 0.25) is 0 Å². The Labute approximate surface area is 209 Å². The summed E-state index contributed by atoms with van der Waals surface area (Å²) in [5, 5.41) is 0. The summed E-state index contributed by atoms with van der Waals surface area (Å²) < 4.78 is 7.45. The van der Waals surface area contributed by atoms with E-state index in [0.717, 1.165) is 18.8 Å². The van der Waals surface area contributed by atoms with Crippen molar-refractivity contribution in [3.8, 4) is 5.75 Å². The average Bonchev–Trinajstić information content (AvgIpc) is 2.95. The molecule has 1 fully saturated rings. The van der Waals surface area contributed by atoms with E-state index in [9.17, 15) is 0 Å². The van der Waals surface area contributed by atoms with Crippen molar-refractivity contribution in [1.29, 1.82) is 0 Å². The average molecular weight is 484 g/mol. The van der Waals surface area contributed by atoms with E-state index in [1.54, 1.807) is 0 Å². The summed E-state index contributed by atoms with van der Waals surface area (Å²) in [6, 6.07) is 17.5. The van der Waals surface area contributed by atoms with Gasteiger partial charge in [-0.1, -0.05) is 55.5 Å². The Morgan fingerprint density at radius 2 is 1.47 bits per heavy atom. The third-order valence-electron chi connectivity index (χ3n) is 6.74. The van der Waals surface area contributed by atoms with Gasteiger partial charge < -0.3 is 9.22 Å². The molecule has 1 aliphatic rings. The fourth-order valence-electron chi connectivity index (χ4n) is 4.82. The minimum atomic E-state index is 0. The molecule has 0 spiro atoms. The molecular weight excluding hydrogens is 443 g/mol. The van der Waals surface area contributed by atoms with Gasteiger partial charge in [-0.3, -0.25) is 0 Å². The first kappa shape index (κ1) is 25.6. The number of hydrogen-bond acceptors (Lipinski definition) is 1. The Hall–Kier alpha value is -0.696. The van der Waals surface area contributed by atoms with Crippen LogP contribution in [-0.2, 0) is 39.3 Å². The molecule has 1 heterocycles. The number of benzene rings is 2. The first-order valence-corrected chi connectivity index (χ1v) is 11.7. The Bertz CT molecular complexity index is 718. The Balaban J connectivity index is 0.00000320. The number of nitrogens with zero attached hydrogens (tertiary/aromatic N) is 1. The predicted molar refractivity (Wildman–Crippen MR) is 123 cm³/mol. The van der Waals surface area contributed by atoms with Gasteiger partial charge in [0.15, 0.2) is 0 Å². The summed E-state index contributed by atoms with van der Waals surface area (Å²) in [7, 11) is 0. The summed E-state index contributed by atoms with van der Waals surface area (Å²) in [5.74, 6) is 1.79. The maximum absolute atomic E-state index is 6.17. The molecule has 2 aromatic carbocycles. The van der Waals surface area contributed by atoms with Gasteiger partial charge in [0.25, 0.3) is 0 Å². The van der Waals surface area contributed by atoms with E-state index in [1.807, 2.05) is 0 Å². The molecule has 0 bridgehead atoms. The van der Waals surface area contributed by atoms with Crippen LogP contribution in [-0.4, -0.2) is 30.7 Å². The van der Waals surface area contributed by atoms with Crippen LogP contribution in [0.1, 0.15) is 62.1 Å². The van der Waals surface area contributed by atoms with Crippen molar-refractivity contribution in [3.05, 3.63) is 65.2 Å². The number of para-hydroxylation sites is 1. The van der Waals surface area contributed by atoms with E-state index in [0.29, 0.717) is 5.92 Å². The Morgan fingerprint density at radius 3 is 2.10 bits per heavy atom. The van der Waals surface area contributed by atoms with Crippen LogP contribution in [0.3, 0.4) is 0 Å². The van der Waals surface area contributed by atoms with Crippen LogP contribution in [0.15, 0.2) is 48.5 Å². The smallest absolute Gasteiger partial charge is 0.125 e. The van der Waals surface area contributed by atoms with E-state index in [2.05, 4.69) is 69.3 Å². The molecule has 1 radical (unpaired) electrons. The van der Waals surface area contributed by atoms with Gasteiger partial charge in [-0.2, -0.15) is 0 Å². The van der Waals surface area contributed by atoms with Crippen LogP contribution < -0.4 is 4.74 Å². The number of aryl methyl sites for hydroxylation is 2. The molecule has 30 heavy (non-hydrogen) atoms. The topological polar surface area (TPSA) is 9.23 Å². The summed E-state index contributed by atoms with van der Waals surface area (Å²) in [6.45, 7) is 12.7. The van der Waals surface area contributed by atoms with Gasteiger partial charge >= 0.3 is 0 Å². The number of quaternary nitrogens is 1. The zero-order valence-corrected chi connectivity index (χ0v) is 22.2. The van der Waals surface area contributed by atoms with E-state index in [4.69, 9.17) is 4.74 Å².